The van der Waals surface area contributed by atoms with Crippen LogP contribution < -0.4 is 0 Å². The summed E-state index contributed by atoms with van der Waals surface area (Å²) in [6, 6.07) is 0. The molecule has 0 radical (unpaired) electrons. The fraction of sp³-hybridized carbons (Fsp3) is 0.824. The first-order chi connectivity index (χ1) is 9.06. The molecule has 1 fully saturated rings. The van der Waals surface area contributed by atoms with Crippen molar-refractivity contribution >= 4 is 14.6 Å². The van der Waals surface area contributed by atoms with Crippen LogP contribution in [-0.4, -0.2) is 14.6 Å². The van der Waals surface area contributed by atoms with Crippen molar-refractivity contribution in [3.8, 4) is 0 Å². The Balaban J connectivity index is 2.16. The van der Waals surface area contributed by atoms with Gasteiger partial charge in [-0.2, -0.15) is 0 Å². The maximum atomic E-state index is 11.4. The Bertz CT molecular complexity index is 419. The van der Waals surface area contributed by atoms with E-state index in [0.717, 1.165) is 19.3 Å². The van der Waals surface area contributed by atoms with Gasteiger partial charge in [0.2, 0.25) is 8.32 Å². The second-order valence-corrected chi connectivity index (χ2v) is 13.4. The summed E-state index contributed by atoms with van der Waals surface area (Å²) in [5.74, 6) is 2.34. The van der Waals surface area contributed by atoms with Crippen LogP contribution in [0.1, 0.15) is 53.4 Å². The minimum Gasteiger partial charge on any atom is -0.547 e. The molecule has 0 aromatic heterocycles. The predicted octanol–water partition coefficient (Wildman–Crippen LogP) is 4.92. The third kappa shape index (κ3) is 3.03. The Morgan fingerprint density at radius 1 is 1.35 bits per heavy atom. The zero-order valence-corrected chi connectivity index (χ0v) is 15.0. The molecule has 3 heteroatoms. The van der Waals surface area contributed by atoms with Crippen molar-refractivity contribution in [1.29, 1.82) is 0 Å². The minimum atomic E-state index is -1.76. The van der Waals surface area contributed by atoms with Crippen LogP contribution in [-0.2, 0) is 9.22 Å². The molecule has 2 bridgehead atoms. The zero-order valence-electron chi connectivity index (χ0n) is 14.0. The Morgan fingerprint density at radius 3 is 2.55 bits per heavy atom. The molecular formula is C17H30O2Si. The molecule has 1 saturated carbocycles. The van der Waals surface area contributed by atoms with Gasteiger partial charge in [-0.25, -0.2) is 0 Å². The van der Waals surface area contributed by atoms with Gasteiger partial charge in [-0.1, -0.05) is 27.7 Å². The van der Waals surface area contributed by atoms with Crippen LogP contribution in [0.5, 0.6) is 0 Å². The molecule has 0 aliphatic heterocycles. The number of rotatable bonds is 3. The van der Waals surface area contributed by atoms with Gasteiger partial charge < -0.3 is 9.22 Å². The first-order valence-electron chi connectivity index (χ1n) is 7.92. The Kier molecular flexibility index (Phi) is 3.96. The fourth-order valence-corrected chi connectivity index (χ4v) is 4.53. The summed E-state index contributed by atoms with van der Waals surface area (Å²) < 4.78 is 6.55. The highest BCUT2D eigenvalue weighted by atomic mass is 28.4. The normalized spacial score (nSPS) is 34.4. The number of carbonyl (C=O) groups is 1. The van der Waals surface area contributed by atoms with Gasteiger partial charge in [0.15, 0.2) is 0 Å². The first kappa shape index (κ1) is 15.8. The minimum absolute atomic E-state index is 0.135. The zero-order chi connectivity index (χ0) is 15.2. The molecule has 0 aromatic carbocycles. The summed E-state index contributed by atoms with van der Waals surface area (Å²) in [6.07, 6.45) is 7.82. The molecule has 2 aliphatic carbocycles. The summed E-state index contributed by atoms with van der Waals surface area (Å²) >= 11 is 0. The van der Waals surface area contributed by atoms with Gasteiger partial charge in [0.1, 0.15) is 6.29 Å². The largest absolute Gasteiger partial charge is 0.547 e. The molecule has 0 amide bonds. The average Bonchev–Trinajstić information content (AvgIpc) is 2.31. The van der Waals surface area contributed by atoms with Crippen molar-refractivity contribution in [3.63, 3.8) is 0 Å². The highest BCUT2D eigenvalue weighted by Gasteiger charge is 2.44. The van der Waals surface area contributed by atoms with Crippen molar-refractivity contribution in [2.45, 2.75) is 71.5 Å². The molecule has 0 heterocycles. The van der Waals surface area contributed by atoms with E-state index >= 15 is 0 Å². The van der Waals surface area contributed by atoms with E-state index < -0.39 is 8.32 Å². The second kappa shape index (κ2) is 5.01. The highest BCUT2D eigenvalue weighted by Crippen LogP contribution is 2.49. The number of hydrogen-bond donors (Lipinski definition) is 0. The number of hydrogen-bond acceptors (Lipinski definition) is 2. The van der Waals surface area contributed by atoms with E-state index in [4.69, 9.17) is 4.43 Å². The molecule has 2 nitrogen and oxygen atoms in total. The van der Waals surface area contributed by atoms with E-state index in [9.17, 15) is 4.79 Å². The van der Waals surface area contributed by atoms with Crippen LogP contribution in [0.3, 0.4) is 0 Å². The van der Waals surface area contributed by atoms with E-state index in [1.165, 1.54) is 18.5 Å². The van der Waals surface area contributed by atoms with Gasteiger partial charge in [-0.3, -0.25) is 0 Å². The molecular weight excluding hydrogens is 264 g/mol. The lowest BCUT2D eigenvalue weighted by Gasteiger charge is -2.46. The van der Waals surface area contributed by atoms with Crippen molar-refractivity contribution in [1.82, 2.24) is 0 Å². The molecule has 2 aliphatic rings. The topological polar surface area (TPSA) is 26.3 Å². The second-order valence-electron chi connectivity index (χ2n) is 8.68. The molecule has 0 unspecified atom stereocenters. The van der Waals surface area contributed by atoms with Crippen molar-refractivity contribution in [2.24, 2.45) is 17.3 Å². The number of allylic oxidation sites excluding steroid dienone is 2. The van der Waals surface area contributed by atoms with E-state index in [1.807, 2.05) is 0 Å². The summed E-state index contributed by atoms with van der Waals surface area (Å²) in [5, 5.41) is 0.229. The maximum Gasteiger partial charge on any atom is 0.250 e. The van der Waals surface area contributed by atoms with Crippen LogP contribution >= 0.6 is 0 Å². The van der Waals surface area contributed by atoms with Crippen LogP contribution in [0.25, 0.3) is 0 Å². The molecule has 114 valence electrons. The SMILES string of the molecule is CC(C)(C)[Si](C)(C)OC1=CC[C@H]2C[C@H]1C[C@](C)(C=O)C2. The lowest BCUT2D eigenvalue weighted by molar-refractivity contribution is -0.118. The van der Waals surface area contributed by atoms with E-state index in [1.54, 1.807) is 0 Å². The summed E-state index contributed by atoms with van der Waals surface area (Å²) in [5.41, 5.74) is -0.135. The Hall–Kier alpha value is -0.573. The Labute approximate surface area is 125 Å². The monoisotopic (exact) mass is 294 g/mol. The third-order valence-corrected chi connectivity index (χ3v) is 9.96. The first-order valence-corrected chi connectivity index (χ1v) is 10.8. The quantitative estimate of drug-likeness (QED) is 0.545. The number of carbonyl (C=O) groups excluding carboxylic acids is 1. The van der Waals surface area contributed by atoms with Crippen LogP contribution in [0.2, 0.25) is 18.1 Å². The van der Waals surface area contributed by atoms with Gasteiger partial charge >= 0.3 is 0 Å². The van der Waals surface area contributed by atoms with E-state index in [-0.39, 0.29) is 10.5 Å². The lowest BCUT2D eigenvalue weighted by Crippen LogP contribution is -2.43. The summed E-state index contributed by atoms with van der Waals surface area (Å²) in [4.78, 5) is 11.4. The Morgan fingerprint density at radius 2 is 2.00 bits per heavy atom. The average molecular weight is 295 g/mol. The van der Waals surface area contributed by atoms with E-state index in [0.29, 0.717) is 11.8 Å². The number of aldehydes is 1. The van der Waals surface area contributed by atoms with Crippen LogP contribution in [0.4, 0.5) is 0 Å². The molecule has 3 atom stereocenters. The maximum absolute atomic E-state index is 11.4. The van der Waals surface area contributed by atoms with Crippen LogP contribution in [0, 0.1) is 17.3 Å². The van der Waals surface area contributed by atoms with Gasteiger partial charge in [0, 0.05) is 11.3 Å². The van der Waals surface area contributed by atoms with Crippen molar-refractivity contribution in [2.75, 3.05) is 0 Å². The van der Waals surface area contributed by atoms with E-state index in [2.05, 4.69) is 46.9 Å². The molecule has 0 aromatic rings. The van der Waals surface area contributed by atoms with Gasteiger partial charge in [0.05, 0.1) is 5.76 Å². The predicted molar refractivity (Wildman–Crippen MR) is 86.0 cm³/mol. The van der Waals surface area contributed by atoms with Crippen molar-refractivity contribution in [3.05, 3.63) is 11.8 Å². The molecule has 20 heavy (non-hydrogen) atoms. The van der Waals surface area contributed by atoms with Gasteiger partial charge in [0.25, 0.3) is 0 Å². The summed E-state index contributed by atoms with van der Waals surface area (Å²) in [7, 11) is -1.76. The third-order valence-electron chi connectivity index (χ3n) is 5.60. The number of fused-ring (bicyclic) bond motifs is 2. The molecule has 0 spiro atoms. The molecule has 2 rings (SSSR count). The lowest BCUT2D eigenvalue weighted by atomic mass is 9.64. The van der Waals surface area contributed by atoms with Gasteiger partial charge in [-0.15, -0.1) is 0 Å². The smallest absolute Gasteiger partial charge is 0.250 e. The van der Waals surface area contributed by atoms with Crippen molar-refractivity contribution < 1.29 is 9.22 Å². The molecule has 0 N–H and O–H groups in total. The summed E-state index contributed by atoms with van der Waals surface area (Å²) in [6.45, 7) is 13.6. The standard InChI is InChI=1S/C17H30O2Si/c1-16(2,3)20(5,6)19-15-8-7-13-9-14(15)11-17(4,10-13)12-18/h8,12-14H,7,9-11H2,1-6H3/t13-,14-,17+/m0/s1. The molecule has 0 saturated heterocycles. The van der Waals surface area contributed by atoms with Gasteiger partial charge in [-0.05, 0) is 55.8 Å². The fourth-order valence-electron chi connectivity index (χ4n) is 3.39. The highest BCUT2D eigenvalue weighted by molar-refractivity contribution is 6.74. The van der Waals surface area contributed by atoms with Crippen LogP contribution in [0.15, 0.2) is 11.8 Å².